The van der Waals surface area contributed by atoms with Crippen molar-refractivity contribution in [3.05, 3.63) is 12.4 Å². The Morgan fingerprint density at radius 1 is 1.32 bits per heavy atom. The molecule has 1 N–H and O–H groups in total. The van der Waals surface area contributed by atoms with Gasteiger partial charge in [-0.05, 0) is 19.8 Å². The second-order valence-corrected chi connectivity index (χ2v) is 5.89. The maximum absolute atomic E-state index is 12.3. The van der Waals surface area contributed by atoms with Crippen molar-refractivity contribution < 1.29 is 13.6 Å². The van der Waals surface area contributed by atoms with Gasteiger partial charge in [-0.1, -0.05) is 12.8 Å². The smallest absolute Gasteiger partial charge is 0.257 e. The minimum absolute atomic E-state index is 0.0556. The summed E-state index contributed by atoms with van der Waals surface area (Å²) in [5.74, 6) is 0.155. The van der Waals surface area contributed by atoms with E-state index in [1.54, 1.807) is 6.20 Å². The molecule has 1 atom stereocenters. The van der Waals surface area contributed by atoms with Crippen molar-refractivity contribution in [3.63, 3.8) is 0 Å². The van der Waals surface area contributed by atoms with Crippen LogP contribution in [0.1, 0.15) is 39.0 Å². The molecule has 0 radical (unpaired) electrons. The van der Waals surface area contributed by atoms with Crippen molar-refractivity contribution in [2.24, 2.45) is 0 Å². The first-order valence-corrected chi connectivity index (χ1v) is 7.89. The van der Waals surface area contributed by atoms with Crippen molar-refractivity contribution in [3.8, 4) is 0 Å². The number of halogens is 2. The van der Waals surface area contributed by atoms with Crippen molar-refractivity contribution in [2.75, 3.05) is 18.4 Å². The summed E-state index contributed by atoms with van der Waals surface area (Å²) in [5.41, 5.74) is 0.664. The Kier molecular flexibility index (Phi) is 6.15. The third-order valence-electron chi connectivity index (χ3n) is 3.81. The first kappa shape index (κ1) is 16.7. The molecule has 0 aliphatic carbocycles. The van der Waals surface area contributed by atoms with E-state index in [4.69, 9.17) is 0 Å². The van der Waals surface area contributed by atoms with Gasteiger partial charge in [-0.25, -0.2) is 8.78 Å². The van der Waals surface area contributed by atoms with Crippen LogP contribution in [0, 0.1) is 0 Å². The summed E-state index contributed by atoms with van der Waals surface area (Å²) >= 11 is 0. The van der Waals surface area contributed by atoms with E-state index in [9.17, 15) is 13.6 Å². The van der Waals surface area contributed by atoms with E-state index in [0.717, 1.165) is 25.9 Å². The topological polar surface area (TPSA) is 50.2 Å². The largest absolute Gasteiger partial charge is 0.380 e. The first-order chi connectivity index (χ1) is 10.5. The molecule has 1 aliphatic rings. The molecule has 1 amide bonds. The molecule has 0 saturated carbocycles. The minimum atomic E-state index is -2.42. The molecule has 124 valence electrons. The lowest BCUT2D eigenvalue weighted by Crippen LogP contribution is -2.35. The average molecular weight is 314 g/mol. The van der Waals surface area contributed by atoms with Gasteiger partial charge in [0.05, 0.1) is 11.9 Å². The molecular formula is C15H24F2N4O. The Hall–Kier alpha value is -1.66. The molecule has 1 aromatic rings. The van der Waals surface area contributed by atoms with Crippen LogP contribution in [-0.4, -0.2) is 46.1 Å². The maximum atomic E-state index is 12.3. The van der Waals surface area contributed by atoms with Crippen LogP contribution in [-0.2, 0) is 11.3 Å². The van der Waals surface area contributed by atoms with Crippen LogP contribution < -0.4 is 5.32 Å². The molecular weight excluding hydrogens is 290 g/mol. The van der Waals surface area contributed by atoms with Crippen molar-refractivity contribution >= 4 is 11.6 Å². The van der Waals surface area contributed by atoms with E-state index >= 15 is 0 Å². The number of nitrogens with one attached hydrogen (secondary N) is 1. The zero-order chi connectivity index (χ0) is 15.9. The molecule has 2 rings (SSSR count). The van der Waals surface area contributed by atoms with Gasteiger partial charge in [0.1, 0.15) is 6.54 Å². The molecule has 5 nitrogen and oxygen atoms in total. The summed E-state index contributed by atoms with van der Waals surface area (Å²) in [7, 11) is 0. The van der Waals surface area contributed by atoms with Crippen LogP contribution in [0.4, 0.5) is 14.5 Å². The van der Waals surface area contributed by atoms with Gasteiger partial charge in [-0.3, -0.25) is 9.48 Å². The number of rotatable bonds is 6. The Bertz CT molecular complexity index is 470. The van der Waals surface area contributed by atoms with Gasteiger partial charge in [0, 0.05) is 31.7 Å². The number of hydrogen-bond acceptors (Lipinski definition) is 3. The zero-order valence-electron chi connectivity index (χ0n) is 13.0. The fourth-order valence-electron chi connectivity index (χ4n) is 2.73. The number of carbonyl (C=O) groups is 1. The predicted molar refractivity (Wildman–Crippen MR) is 81.0 cm³/mol. The van der Waals surface area contributed by atoms with Crippen LogP contribution in [0.25, 0.3) is 0 Å². The Morgan fingerprint density at radius 2 is 2.00 bits per heavy atom. The highest BCUT2D eigenvalue weighted by Gasteiger charge is 2.18. The number of carbonyl (C=O) groups excluding carboxylic acids is 1. The number of likely N-dealkylation sites (tertiary alicyclic amines) is 1. The summed E-state index contributed by atoms with van der Waals surface area (Å²) in [5, 5.41) is 7.02. The molecule has 0 bridgehead atoms. The lowest BCUT2D eigenvalue weighted by molar-refractivity contribution is -0.131. The van der Waals surface area contributed by atoms with Crippen LogP contribution >= 0.6 is 0 Å². The molecule has 1 fully saturated rings. The fraction of sp³-hybridized carbons (Fsp3) is 0.733. The fourth-order valence-corrected chi connectivity index (χ4v) is 2.73. The number of aromatic nitrogens is 2. The van der Waals surface area contributed by atoms with Gasteiger partial charge in [0.25, 0.3) is 6.43 Å². The van der Waals surface area contributed by atoms with Crippen molar-refractivity contribution in [2.45, 2.75) is 58.0 Å². The van der Waals surface area contributed by atoms with Crippen LogP contribution in [0.15, 0.2) is 12.4 Å². The third-order valence-corrected chi connectivity index (χ3v) is 3.81. The maximum Gasteiger partial charge on any atom is 0.257 e. The van der Waals surface area contributed by atoms with Gasteiger partial charge in [0.2, 0.25) is 5.91 Å². The second-order valence-electron chi connectivity index (χ2n) is 5.89. The van der Waals surface area contributed by atoms with Crippen molar-refractivity contribution in [1.29, 1.82) is 0 Å². The Balaban J connectivity index is 1.80. The lowest BCUT2D eigenvalue weighted by atomic mass is 10.2. The van der Waals surface area contributed by atoms with Crippen LogP contribution in [0.3, 0.4) is 0 Å². The monoisotopic (exact) mass is 314 g/mol. The molecule has 1 aliphatic heterocycles. The van der Waals surface area contributed by atoms with Gasteiger partial charge in [0.15, 0.2) is 0 Å². The number of hydrogen-bond donors (Lipinski definition) is 1. The average Bonchev–Trinajstić information content (AvgIpc) is 2.72. The molecule has 1 saturated heterocycles. The van der Waals surface area contributed by atoms with Crippen LogP contribution in [0.5, 0.6) is 0 Å². The van der Waals surface area contributed by atoms with Gasteiger partial charge in [-0.2, -0.15) is 5.10 Å². The van der Waals surface area contributed by atoms with E-state index < -0.39 is 13.0 Å². The van der Waals surface area contributed by atoms with Gasteiger partial charge in [-0.15, -0.1) is 0 Å². The Morgan fingerprint density at radius 3 is 2.64 bits per heavy atom. The second kappa shape index (κ2) is 8.10. The van der Waals surface area contributed by atoms with E-state index in [1.807, 2.05) is 11.8 Å². The highest BCUT2D eigenvalue weighted by Crippen LogP contribution is 2.14. The number of nitrogens with zero attached hydrogens (tertiary/aromatic N) is 3. The van der Waals surface area contributed by atoms with Crippen molar-refractivity contribution in [1.82, 2.24) is 14.7 Å². The number of amides is 1. The van der Waals surface area contributed by atoms with Crippen LogP contribution in [0.2, 0.25) is 0 Å². The molecule has 0 unspecified atom stereocenters. The quantitative estimate of drug-likeness (QED) is 0.878. The van der Waals surface area contributed by atoms with Gasteiger partial charge < -0.3 is 10.2 Å². The molecule has 0 aromatic carbocycles. The van der Waals surface area contributed by atoms with E-state index in [-0.39, 0.29) is 11.9 Å². The highest BCUT2D eigenvalue weighted by atomic mass is 19.3. The van der Waals surface area contributed by atoms with E-state index in [1.165, 1.54) is 23.7 Å². The first-order valence-electron chi connectivity index (χ1n) is 7.89. The summed E-state index contributed by atoms with van der Waals surface area (Å²) in [6, 6.07) is -0.0556. The van der Waals surface area contributed by atoms with Gasteiger partial charge >= 0.3 is 0 Å². The zero-order valence-corrected chi connectivity index (χ0v) is 13.0. The summed E-state index contributed by atoms with van der Waals surface area (Å²) < 4.78 is 25.7. The third kappa shape index (κ3) is 5.27. The Labute approximate surface area is 129 Å². The summed E-state index contributed by atoms with van der Waals surface area (Å²) in [4.78, 5) is 14.2. The highest BCUT2D eigenvalue weighted by molar-refractivity contribution is 5.77. The number of anilines is 1. The van der Waals surface area contributed by atoms with E-state index in [0.29, 0.717) is 12.1 Å². The SMILES string of the molecule is C[C@@H](CC(=O)N1CCCCCC1)Nc1cnn(CC(F)F)c1. The molecule has 0 spiro atoms. The molecule has 22 heavy (non-hydrogen) atoms. The number of alkyl halides is 2. The summed E-state index contributed by atoms with van der Waals surface area (Å²) in [6.07, 6.45) is 5.58. The summed E-state index contributed by atoms with van der Waals surface area (Å²) in [6.45, 7) is 3.19. The lowest BCUT2D eigenvalue weighted by Gasteiger charge is -2.22. The molecule has 7 heteroatoms. The van der Waals surface area contributed by atoms with E-state index in [2.05, 4.69) is 10.4 Å². The molecule has 1 aromatic heterocycles. The predicted octanol–water partition coefficient (Wildman–Crippen LogP) is 2.74. The molecule has 2 heterocycles. The normalized spacial score (nSPS) is 17.4. The standard InChI is InChI=1S/C15H24F2N4O/c1-12(8-15(22)20-6-4-2-3-5-7-20)19-13-9-18-21(10-13)11-14(16)17/h9-10,12,14,19H,2-8,11H2,1H3/t12-/m0/s1. The minimum Gasteiger partial charge on any atom is -0.380 e.